The molecule has 0 aromatic heterocycles. The van der Waals surface area contributed by atoms with Gasteiger partial charge in [-0.2, -0.15) is 0 Å². The molecule has 11 rings (SSSR count). The lowest BCUT2D eigenvalue weighted by atomic mass is 9.80. The van der Waals surface area contributed by atoms with Gasteiger partial charge in [-0.25, -0.2) is 9.59 Å². The molecule has 82 heavy (non-hydrogen) atoms. The smallest absolute Gasteiger partial charge is 0.326 e. The second kappa shape index (κ2) is 20.4. The molecule has 416 valence electrons. The molecule has 2 aliphatic rings. The Morgan fingerprint density at radius 2 is 0.585 bits per heavy atom. The van der Waals surface area contributed by atoms with Crippen LogP contribution < -0.4 is 18.9 Å². The number of fused-ring (bicyclic) bond motifs is 2. The first-order chi connectivity index (χ1) is 38.9. The second-order valence-electron chi connectivity index (χ2n) is 23.1. The van der Waals surface area contributed by atoms with Crippen LogP contribution in [0, 0.1) is 67.2 Å². The maximum Gasteiger partial charge on any atom is 0.326 e. The Morgan fingerprint density at radius 1 is 0.354 bits per heavy atom. The molecule has 2 atom stereocenters. The van der Waals surface area contributed by atoms with E-state index in [4.69, 9.17) is 18.9 Å². The second-order valence-corrected chi connectivity index (χ2v) is 23.1. The number of nitrogens with zero attached hydrogens (tertiary/aromatic N) is 2. The number of carboxylic acids is 2. The van der Waals surface area contributed by atoms with E-state index < -0.39 is 47.7 Å². The van der Waals surface area contributed by atoms with Gasteiger partial charge in [0.05, 0.1) is 22.3 Å². The van der Waals surface area contributed by atoms with Crippen molar-refractivity contribution in [2.45, 2.75) is 108 Å². The standard InChI is InChI=1S/C68H62N2O12/c1-31(2)21-45(67(75)76)69-63(71)41-27-51(79-47-17-13-33(5)23-37(47)9)57-59-53(81-49-19-15-35(7)25-39(49)11)29-43-56-44(66(74)70(65(43)73)46(68(77)78)22-32(3)4)30-54(82-50-20-16-36(8)26-40(50)12)60(62(56)59)58-52(28-42(64(69)72)55(41)61(57)58)80-48-18-14-34(6)24-38(48)10/h13-20,23-32,45-46H,21-22H2,1-12H3,(H,75,76)(H,77,78). The van der Waals surface area contributed by atoms with E-state index in [1.807, 2.05) is 132 Å². The zero-order chi connectivity index (χ0) is 58.7. The van der Waals surface area contributed by atoms with Crippen LogP contribution in [0.5, 0.6) is 46.0 Å². The number of ether oxygens (including phenoxy) is 4. The maximum absolute atomic E-state index is 15.6. The summed E-state index contributed by atoms with van der Waals surface area (Å²) in [6.45, 7) is 22.6. The topological polar surface area (TPSA) is 186 Å². The molecule has 14 heteroatoms. The minimum Gasteiger partial charge on any atom is -0.480 e. The average Bonchev–Trinajstić information content (AvgIpc) is 0.702. The molecule has 9 aromatic carbocycles. The molecule has 2 unspecified atom stereocenters. The molecule has 4 amide bonds. The summed E-state index contributed by atoms with van der Waals surface area (Å²) in [4.78, 5) is 90.8. The Balaban J connectivity index is 1.42. The number of imide groups is 2. The summed E-state index contributed by atoms with van der Waals surface area (Å²) in [5.41, 5.74) is 6.59. The number of hydrogen-bond acceptors (Lipinski definition) is 10. The number of carbonyl (C=O) groups excluding carboxylic acids is 4. The van der Waals surface area contributed by atoms with E-state index in [1.54, 1.807) is 24.3 Å². The Morgan fingerprint density at radius 3 is 0.780 bits per heavy atom. The molecule has 9 aromatic rings. The predicted octanol–water partition coefficient (Wildman–Crippen LogP) is 15.6. The van der Waals surface area contributed by atoms with Crippen molar-refractivity contribution in [3.63, 3.8) is 0 Å². The van der Waals surface area contributed by atoms with E-state index in [0.717, 1.165) is 54.3 Å². The van der Waals surface area contributed by atoms with Gasteiger partial charge >= 0.3 is 11.9 Å². The summed E-state index contributed by atoms with van der Waals surface area (Å²) in [5.74, 6) is -4.77. The average molecular weight is 1100 g/mol. The third-order valence-corrected chi connectivity index (χ3v) is 15.7. The maximum atomic E-state index is 15.6. The minimum atomic E-state index is -1.56. The number of carbonyl (C=O) groups is 6. The molecule has 0 saturated carbocycles. The Labute approximate surface area is 474 Å². The van der Waals surface area contributed by atoms with Crippen LogP contribution in [0.3, 0.4) is 0 Å². The summed E-state index contributed by atoms with van der Waals surface area (Å²) in [6, 6.07) is 25.5. The lowest BCUT2D eigenvalue weighted by molar-refractivity contribution is -0.143. The molecule has 14 nitrogen and oxygen atoms in total. The van der Waals surface area contributed by atoms with Gasteiger partial charge in [0.15, 0.2) is 0 Å². The molecule has 0 spiro atoms. The van der Waals surface area contributed by atoms with Gasteiger partial charge in [-0.05, 0) is 151 Å². The molecule has 0 saturated heterocycles. The number of aliphatic carboxylic acids is 2. The van der Waals surface area contributed by atoms with Crippen LogP contribution in [0.4, 0.5) is 0 Å². The molecule has 0 fully saturated rings. The fourth-order valence-electron chi connectivity index (χ4n) is 12.1. The fraction of sp³-hybridized carbons (Fsp3) is 0.265. The number of rotatable bonds is 16. The van der Waals surface area contributed by atoms with Crippen molar-refractivity contribution >= 4 is 78.7 Å². The first kappa shape index (κ1) is 54.6. The van der Waals surface area contributed by atoms with Crippen molar-refractivity contribution in [1.82, 2.24) is 9.80 Å². The Hall–Kier alpha value is -9.30. The Bertz CT molecular complexity index is 3780. The van der Waals surface area contributed by atoms with Crippen molar-refractivity contribution in [3.8, 4) is 46.0 Å². The van der Waals surface area contributed by atoms with Gasteiger partial charge < -0.3 is 29.2 Å². The fourth-order valence-corrected chi connectivity index (χ4v) is 12.1. The third-order valence-electron chi connectivity index (χ3n) is 15.7. The molecule has 2 heterocycles. The van der Waals surface area contributed by atoms with Gasteiger partial charge in [0, 0.05) is 43.1 Å². The number of aryl methyl sites for hydroxylation is 8. The number of benzene rings is 9. The minimum absolute atomic E-state index is 0.0314. The lowest BCUT2D eigenvalue weighted by Gasteiger charge is -2.35. The zero-order valence-corrected chi connectivity index (χ0v) is 47.8. The van der Waals surface area contributed by atoms with E-state index in [1.165, 1.54) is 24.3 Å². The highest BCUT2D eigenvalue weighted by atomic mass is 16.5. The monoisotopic (exact) mass is 1100 g/mol. The molecule has 0 radical (unpaired) electrons. The van der Waals surface area contributed by atoms with Crippen molar-refractivity contribution < 1.29 is 57.9 Å². The first-order valence-corrected chi connectivity index (χ1v) is 27.5. The van der Waals surface area contributed by atoms with Crippen molar-refractivity contribution in [3.05, 3.63) is 164 Å². The molecule has 2 aliphatic heterocycles. The van der Waals surface area contributed by atoms with Crippen LogP contribution in [0.1, 0.15) is 126 Å². The molecule has 2 N–H and O–H groups in total. The number of hydrogen-bond donors (Lipinski definition) is 2. The molecule has 0 bridgehead atoms. The summed E-state index contributed by atoms with van der Waals surface area (Å²) in [7, 11) is 0. The number of carboxylic acid groups (broad SMARTS) is 2. The molecule has 0 aliphatic carbocycles. The molecular formula is C68H62N2O12. The van der Waals surface area contributed by atoms with E-state index in [2.05, 4.69) is 0 Å². The summed E-state index contributed by atoms with van der Waals surface area (Å²) < 4.78 is 28.6. The van der Waals surface area contributed by atoms with Gasteiger partial charge in [0.1, 0.15) is 58.1 Å². The number of amides is 4. The van der Waals surface area contributed by atoms with Crippen LogP contribution in [0.15, 0.2) is 97.1 Å². The van der Waals surface area contributed by atoms with Gasteiger partial charge in [-0.1, -0.05) is 98.5 Å². The normalized spacial score (nSPS) is 14.1. The van der Waals surface area contributed by atoms with E-state index in [9.17, 15) is 19.8 Å². The summed E-state index contributed by atoms with van der Waals surface area (Å²) in [5, 5.41) is 23.8. The first-order valence-electron chi connectivity index (χ1n) is 27.5. The quantitative estimate of drug-likeness (QED) is 0.0530. The van der Waals surface area contributed by atoms with Crippen molar-refractivity contribution in [1.29, 1.82) is 0 Å². The van der Waals surface area contributed by atoms with Crippen LogP contribution in [-0.4, -0.2) is 67.7 Å². The molecular weight excluding hydrogens is 1040 g/mol. The van der Waals surface area contributed by atoms with E-state index >= 15 is 19.2 Å². The SMILES string of the molecule is Cc1ccc(Oc2cc3c4c(cc(Oc5ccc(C)cc5C)c5c6c(Oc7ccc(C)cc7C)cc7c8c(cc(Oc9ccc(C)cc9C)c(c2c45)c86)C(=O)N(C(CC(C)C)C(=O)O)C7=O)C(=O)N(C(CC(C)C)C(=O)O)C3=O)c(C)c1. The van der Waals surface area contributed by atoms with Crippen molar-refractivity contribution in [2.24, 2.45) is 11.8 Å². The highest BCUT2D eigenvalue weighted by Gasteiger charge is 2.46. The van der Waals surface area contributed by atoms with E-state index in [0.29, 0.717) is 23.0 Å². The largest absolute Gasteiger partial charge is 0.480 e. The zero-order valence-electron chi connectivity index (χ0n) is 47.8. The van der Waals surface area contributed by atoms with Crippen LogP contribution in [-0.2, 0) is 9.59 Å². The van der Waals surface area contributed by atoms with E-state index in [-0.39, 0.29) is 113 Å². The third kappa shape index (κ3) is 9.06. The van der Waals surface area contributed by atoms with Gasteiger partial charge in [-0.3, -0.25) is 29.0 Å². The Kier molecular flexibility index (Phi) is 13.6. The van der Waals surface area contributed by atoms with Gasteiger partial charge in [0.25, 0.3) is 23.6 Å². The highest BCUT2D eigenvalue weighted by molar-refractivity contribution is 6.45. The summed E-state index contributed by atoms with van der Waals surface area (Å²) >= 11 is 0. The van der Waals surface area contributed by atoms with Crippen LogP contribution in [0.2, 0.25) is 0 Å². The lowest BCUT2D eigenvalue weighted by Crippen LogP contribution is -2.51. The summed E-state index contributed by atoms with van der Waals surface area (Å²) in [6.07, 6.45) is -0.0890. The highest BCUT2D eigenvalue weighted by Crippen LogP contribution is 2.58. The van der Waals surface area contributed by atoms with Crippen LogP contribution in [0.25, 0.3) is 43.1 Å². The van der Waals surface area contributed by atoms with Crippen molar-refractivity contribution in [2.75, 3.05) is 0 Å². The van der Waals surface area contributed by atoms with Crippen LogP contribution >= 0.6 is 0 Å². The van der Waals surface area contributed by atoms with Gasteiger partial charge in [0.2, 0.25) is 0 Å². The predicted molar refractivity (Wildman–Crippen MR) is 314 cm³/mol. The van der Waals surface area contributed by atoms with Gasteiger partial charge in [-0.15, -0.1) is 0 Å².